The summed E-state index contributed by atoms with van der Waals surface area (Å²) < 4.78 is 0. The van der Waals surface area contributed by atoms with E-state index in [-0.39, 0.29) is 6.10 Å². The highest BCUT2D eigenvalue weighted by Gasteiger charge is 2.33. The Morgan fingerprint density at radius 3 is 2.89 bits per heavy atom. The molecule has 2 nitrogen and oxygen atoms in total. The predicted octanol–water partition coefficient (Wildman–Crippen LogP) is 0.0729. The smallest absolute Gasteiger partial charge is 0.0707 e. The molecule has 0 aromatic carbocycles. The largest absolute Gasteiger partial charge is 0.391 e. The molecule has 2 heterocycles. The van der Waals surface area contributed by atoms with Crippen LogP contribution in [0.2, 0.25) is 0 Å². The highest BCUT2D eigenvalue weighted by molar-refractivity contribution is 4.87. The van der Waals surface area contributed by atoms with Crippen molar-refractivity contribution >= 4 is 0 Å². The predicted molar refractivity (Wildman–Crippen MR) is 35.2 cm³/mol. The van der Waals surface area contributed by atoms with Crippen molar-refractivity contribution in [1.82, 2.24) is 4.90 Å². The van der Waals surface area contributed by atoms with Crippen LogP contribution in [0.1, 0.15) is 12.8 Å². The van der Waals surface area contributed by atoms with Crippen molar-refractivity contribution < 1.29 is 5.11 Å². The Morgan fingerprint density at radius 1 is 1.33 bits per heavy atom. The second kappa shape index (κ2) is 1.96. The molecule has 0 saturated carbocycles. The van der Waals surface area contributed by atoms with E-state index in [2.05, 4.69) is 4.90 Å². The van der Waals surface area contributed by atoms with Crippen LogP contribution in [0.15, 0.2) is 0 Å². The SMILES string of the molecule is OC1CN2CCCC1C2. The summed E-state index contributed by atoms with van der Waals surface area (Å²) in [7, 11) is 0. The Morgan fingerprint density at radius 2 is 2.22 bits per heavy atom. The van der Waals surface area contributed by atoms with Gasteiger partial charge in [-0.2, -0.15) is 0 Å². The second-order valence-electron chi connectivity index (χ2n) is 3.23. The Kier molecular flexibility index (Phi) is 1.24. The van der Waals surface area contributed by atoms with Crippen molar-refractivity contribution in [1.29, 1.82) is 0 Å². The molecule has 0 aliphatic carbocycles. The quantitative estimate of drug-likeness (QED) is 0.498. The molecule has 2 bridgehead atoms. The molecule has 0 amide bonds. The van der Waals surface area contributed by atoms with Gasteiger partial charge in [0.05, 0.1) is 6.10 Å². The lowest BCUT2D eigenvalue weighted by molar-refractivity contribution is 0.144. The summed E-state index contributed by atoms with van der Waals surface area (Å²) in [5, 5.41) is 9.36. The van der Waals surface area contributed by atoms with Crippen molar-refractivity contribution in [3.8, 4) is 0 Å². The first kappa shape index (κ1) is 5.69. The minimum absolute atomic E-state index is 0.00694. The summed E-state index contributed by atoms with van der Waals surface area (Å²) in [4.78, 5) is 2.36. The average Bonchev–Trinajstić information content (AvgIpc) is 2.09. The van der Waals surface area contributed by atoms with Crippen molar-refractivity contribution in [2.75, 3.05) is 19.6 Å². The topological polar surface area (TPSA) is 23.5 Å². The lowest BCUT2D eigenvalue weighted by Crippen LogP contribution is -2.25. The van der Waals surface area contributed by atoms with E-state index in [1.54, 1.807) is 0 Å². The number of fused-ring (bicyclic) bond motifs is 2. The van der Waals surface area contributed by atoms with Crippen LogP contribution in [0, 0.1) is 5.92 Å². The molecule has 2 aliphatic heterocycles. The van der Waals surface area contributed by atoms with Gasteiger partial charge in [0, 0.05) is 13.1 Å². The van der Waals surface area contributed by atoms with Crippen LogP contribution in [-0.4, -0.2) is 35.7 Å². The standard InChI is InChI=1S/C7H13NO/c9-7-5-8-3-1-2-6(7)4-8/h6-7,9H,1-5H2. The molecule has 2 rings (SSSR count). The van der Waals surface area contributed by atoms with E-state index in [1.165, 1.54) is 19.4 Å². The number of hydrogen-bond donors (Lipinski definition) is 1. The van der Waals surface area contributed by atoms with Gasteiger partial charge >= 0.3 is 0 Å². The molecule has 2 heteroatoms. The van der Waals surface area contributed by atoms with Gasteiger partial charge in [-0.3, -0.25) is 0 Å². The number of rotatable bonds is 0. The van der Waals surface area contributed by atoms with Gasteiger partial charge in [0.2, 0.25) is 0 Å². The van der Waals surface area contributed by atoms with E-state index >= 15 is 0 Å². The molecule has 9 heavy (non-hydrogen) atoms. The normalized spacial score (nSPS) is 49.7. The fraction of sp³-hybridized carbons (Fsp3) is 1.00. The third-order valence-electron chi connectivity index (χ3n) is 2.53. The van der Waals surface area contributed by atoms with Gasteiger partial charge in [0.15, 0.2) is 0 Å². The molecular weight excluding hydrogens is 114 g/mol. The van der Waals surface area contributed by atoms with Crippen LogP contribution in [0.25, 0.3) is 0 Å². The van der Waals surface area contributed by atoms with E-state index in [0.29, 0.717) is 5.92 Å². The van der Waals surface area contributed by atoms with Crippen LogP contribution in [-0.2, 0) is 0 Å². The Balaban J connectivity index is 2.07. The molecule has 0 aromatic rings. The fourth-order valence-corrected chi connectivity index (χ4v) is 1.98. The van der Waals surface area contributed by atoms with E-state index in [0.717, 1.165) is 13.1 Å². The Bertz CT molecular complexity index is 113. The molecule has 52 valence electrons. The highest BCUT2D eigenvalue weighted by atomic mass is 16.3. The first-order valence-electron chi connectivity index (χ1n) is 3.76. The van der Waals surface area contributed by atoms with Gasteiger partial charge in [-0.05, 0) is 25.3 Å². The van der Waals surface area contributed by atoms with Crippen molar-refractivity contribution in [3.05, 3.63) is 0 Å². The zero-order valence-electron chi connectivity index (χ0n) is 5.58. The molecule has 1 N–H and O–H groups in total. The van der Waals surface area contributed by atoms with Gasteiger partial charge in [-0.1, -0.05) is 0 Å². The van der Waals surface area contributed by atoms with Crippen molar-refractivity contribution in [2.45, 2.75) is 18.9 Å². The van der Waals surface area contributed by atoms with Crippen LogP contribution < -0.4 is 0 Å². The summed E-state index contributed by atoms with van der Waals surface area (Å²) in [5.41, 5.74) is 0. The molecule has 0 radical (unpaired) electrons. The zero-order valence-corrected chi connectivity index (χ0v) is 5.58. The van der Waals surface area contributed by atoms with Crippen LogP contribution in [0.3, 0.4) is 0 Å². The monoisotopic (exact) mass is 127 g/mol. The van der Waals surface area contributed by atoms with E-state index in [1.807, 2.05) is 0 Å². The van der Waals surface area contributed by atoms with E-state index < -0.39 is 0 Å². The minimum Gasteiger partial charge on any atom is -0.391 e. The molecule has 2 fully saturated rings. The molecule has 0 spiro atoms. The number of aliphatic hydroxyl groups excluding tert-OH is 1. The van der Waals surface area contributed by atoms with Gasteiger partial charge in [-0.15, -0.1) is 0 Å². The molecular formula is C7H13NO. The molecule has 2 aliphatic rings. The summed E-state index contributed by atoms with van der Waals surface area (Å²) in [6, 6.07) is 0. The Labute approximate surface area is 55.5 Å². The summed E-state index contributed by atoms with van der Waals surface area (Å²) >= 11 is 0. The van der Waals surface area contributed by atoms with Crippen LogP contribution in [0.5, 0.6) is 0 Å². The van der Waals surface area contributed by atoms with Gasteiger partial charge in [-0.25, -0.2) is 0 Å². The van der Waals surface area contributed by atoms with Gasteiger partial charge in [0.25, 0.3) is 0 Å². The maximum Gasteiger partial charge on any atom is 0.0707 e. The maximum atomic E-state index is 9.36. The molecule has 3 atom stereocenters. The number of nitrogens with zero attached hydrogens (tertiary/aromatic N) is 1. The number of hydrogen-bond acceptors (Lipinski definition) is 2. The third-order valence-corrected chi connectivity index (χ3v) is 2.53. The van der Waals surface area contributed by atoms with Gasteiger partial charge in [0.1, 0.15) is 0 Å². The van der Waals surface area contributed by atoms with E-state index in [9.17, 15) is 5.11 Å². The Hall–Kier alpha value is -0.0800. The van der Waals surface area contributed by atoms with Crippen LogP contribution >= 0.6 is 0 Å². The summed E-state index contributed by atoms with van der Waals surface area (Å²) in [6.07, 6.45) is 2.53. The minimum atomic E-state index is -0.00694. The third kappa shape index (κ3) is 0.864. The molecule has 0 aromatic heterocycles. The van der Waals surface area contributed by atoms with Crippen molar-refractivity contribution in [3.63, 3.8) is 0 Å². The zero-order chi connectivity index (χ0) is 6.27. The summed E-state index contributed by atoms with van der Waals surface area (Å²) in [6.45, 7) is 3.30. The van der Waals surface area contributed by atoms with Gasteiger partial charge < -0.3 is 10.0 Å². The first-order chi connectivity index (χ1) is 4.36. The van der Waals surface area contributed by atoms with Crippen LogP contribution in [0.4, 0.5) is 0 Å². The molecule has 2 saturated heterocycles. The van der Waals surface area contributed by atoms with E-state index in [4.69, 9.17) is 0 Å². The number of piperidine rings is 1. The molecule has 3 unspecified atom stereocenters. The van der Waals surface area contributed by atoms with Crippen molar-refractivity contribution in [2.24, 2.45) is 5.92 Å². The second-order valence-corrected chi connectivity index (χ2v) is 3.23. The number of aliphatic hydroxyl groups is 1. The maximum absolute atomic E-state index is 9.36. The lowest BCUT2D eigenvalue weighted by Gasteiger charge is -2.20. The first-order valence-corrected chi connectivity index (χ1v) is 3.76. The summed E-state index contributed by atoms with van der Waals surface area (Å²) in [5.74, 6) is 0.610. The highest BCUT2D eigenvalue weighted by Crippen LogP contribution is 2.26. The average molecular weight is 127 g/mol. The lowest BCUT2D eigenvalue weighted by atomic mass is 9.99. The fourth-order valence-electron chi connectivity index (χ4n) is 1.98.